The molecule has 2 aromatic rings. The van der Waals surface area contributed by atoms with E-state index in [0.717, 1.165) is 38.4 Å². The topological polar surface area (TPSA) is 24.5 Å². The normalized spacial score (nSPS) is 14.0. The third-order valence-corrected chi connectivity index (χ3v) is 5.04. The summed E-state index contributed by atoms with van der Waals surface area (Å²) in [7, 11) is 0. The second kappa shape index (κ2) is 10.2. The molecular formula is C24H34N2O. The van der Waals surface area contributed by atoms with Gasteiger partial charge in [0.2, 0.25) is 0 Å². The van der Waals surface area contributed by atoms with Gasteiger partial charge in [0, 0.05) is 19.6 Å². The molecule has 2 aromatic carbocycles. The van der Waals surface area contributed by atoms with Gasteiger partial charge in [-0.2, -0.15) is 0 Å². The van der Waals surface area contributed by atoms with Crippen molar-refractivity contribution in [1.29, 1.82) is 0 Å². The van der Waals surface area contributed by atoms with Crippen LogP contribution in [-0.2, 0) is 6.42 Å². The summed E-state index contributed by atoms with van der Waals surface area (Å²) in [5.74, 6) is 1.56. The molecule has 3 rings (SSSR count). The van der Waals surface area contributed by atoms with Gasteiger partial charge in [-0.05, 0) is 55.7 Å². The number of anilines is 2. The Hall–Kier alpha value is -2.16. The highest BCUT2D eigenvalue weighted by molar-refractivity contribution is 5.77. The zero-order chi connectivity index (χ0) is 18.9. The van der Waals surface area contributed by atoms with Crippen molar-refractivity contribution in [1.82, 2.24) is 0 Å². The van der Waals surface area contributed by atoms with E-state index in [9.17, 15) is 0 Å². The largest absolute Gasteiger partial charge is 0.491 e. The fourth-order valence-corrected chi connectivity index (χ4v) is 3.63. The molecule has 1 heterocycles. The molecule has 3 heteroatoms. The molecule has 0 radical (unpaired) electrons. The van der Waals surface area contributed by atoms with Crippen LogP contribution in [0.5, 0.6) is 5.75 Å². The van der Waals surface area contributed by atoms with Crippen LogP contribution in [0.15, 0.2) is 48.5 Å². The Balaban J connectivity index is 1.58. The van der Waals surface area contributed by atoms with Gasteiger partial charge in [0.05, 0.1) is 12.3 Å². The number of benzene rings is 2. The van der Waals surface area contributed by atoms with Crippen molar-refractivity contribution in [2.75, 3.05) is 36.5 Å². The average Bonchev–Trinajstić information content (AvgIpc) is 3.21. The first-order valence-corrected chi connectivity index (χ1v) is 10.5. The summed E-state index contributed by atoms with van der Waals surface area (Å²) in [6, 6.07) is 17.2. The predicted molar refractivity (Wildman–Crippen MR) is 116 cm³/mol. The lowest BCUT2D eigenvalue weighted by molar-refractivity contribution is 0.271. The quantitative estimate of drug-likeness (QED) is 0.541. The maximum atomic E-state index is 6.16. The Morgan fingerprint density at radius 3 is 2.48 bits per heavy atom. The van der Waals surface area contributed by atoms with Crippen molar-refractivity contribution in [3.8, 4) is 5.75 Å². The minimum Gasteiger partial charge on any atom is -0.491 e. The van der Waals surface area contributed by atoms with Gasteiger partial charge in [-0.1, -0.05) is 50.2 Å². The van der Waals surface area contributed by atoms with Gasteiger partial charge in [0.1, 0.15) is 11.4 Å². The molecule has 0 aliphatic carbocycles. The summed E-state index contributed by atoms with van der Waals surface area (Å²) in [6.07, 6.45) is 6.08. The fourth-order valence-electron chi connectivity index (χ4n) is 3.63. The Morgan fingerprint density at radius 1 is 0.963 bits per heavy atom. The number of nitrogens with one attached hydrogen (secondary N) is 1. The molecule has 27 heavy (non-hydrogen) atoms. The van der Waals surface area contributed by atoms with Crippen LogP contribution in [0.4, 0.5) is 11.4 Å². The molecule has 0 amide bonds. The van der Waals surface area contributed by atoms with Crippen molar-refractivity contribution in [3.63, 3.8) is 0 Å². The van der Waals surface area contributed by atoms with Crippen LogP contribution in [0.3, 0.4) is 0 Å². The second-order valence-corrected chi connectivity index (χ2v) is 7.92. The average molecular weight is 367 g/mol. The number of nitrogens with zero attached hydrogens (tertiary/aromatic N) is 1. The third-order valence-electron chi connectivity index (χ3n) is 5.04. The van der Waals surface area contributed by atoms with Gasteiger partial charge in [0.15, 0.2) is 0 Å². The summed E-state index contributed by atoms with van der Waals surface area (Å²) in [5, 5.41) is 3.68. The van der Waals surface area contributed by atoms with Gasteiger partial charge >= 0.3 is 0 Å². The smallest absolute Gasteiger partial charge is 0.144 e. The number of hydrogen-bond acceptors (Lipinski definition) is 3. The highest BCUT2D eigenvalue weighted by Crippen LogP contribution is 2.38. The van der Waals surface area contributed by atoms with Crippen molar-refractivity contribution in [2.24, 2.45) is 5.92 Å². The Bertz CT molecular complexity index is 678. The SMILES string of the molecule is CC(C)COc1cccc(NCCCCc2ccccc2)c1N1CCCC1. The van der Waals surface area contributed by atoms with E-state index in [1.807, 2.05) is 0 Å². The van der Waals surface area contributed by atoms with Crippen LogP contribution in [0.25, 0.3) is 0 Å². The van der Waals surface area contributed by atoms with Crippen LogP contribution >= 0.6 is 0 Å². The number of unbranched alkanes of at least 4 members (excludes halogenated alkanes) is 1. The number of rotatable bonds is 10. The lowest BCUT2D eigenvalue weighted by Gasteiger charge is -2.25. The molecule has 0 aromatic heterocycles. The molecule has 1 fully saturated rings. The van der Waals surface area contributed by atoms with E-state index in [1.54, 1.807) is 0 Å². The van der Waals surface area contributed by atoms with E-state index in [2.05, 4.69) is 72.6 Å². The monoisotopic (exact) mass is 366 g/mol. The first-order chi connectivity index (χ1) is 13.2. The highest BCUT2D eigenvalue weighted by atomic mass is 16.5. The standard InChI is InChI=1S/C24H34N2O/c1-20(2)19-27-23-15-10-14-22(24(23)26-17-8-9-18-26)25-16-7-6-13-21-11-4-3-5-12-21/h3-5,10-12,14-15,20,25H,6-9,13,16-19H2,1-2H3. The second-order valence-electron chi connectivity index (χ2n) is 7.92. The van der Waals surface area contributed by atoms with Gasteiger partial charge in [-0.15, -0.1) is 0 Å². The minimum absolute atomic E-state index is 0.533. The van der Waals surface area contributed by atoms with Gasteiger partial charge in [-0.25, -0.2) is 0 Å². The zero-order valence-electron chi connectivity index (χ0n) is 16.9. The highest BCUT2D eigenvalue weighted by Gasteiger charge is 2.20. The predicted octanol–water partition coefficient (Wildman–Crippen LogP) is 5.76. The molecule has 3 nitrogen and oxygen atoms in total. The van der Waals surface area contributed by atoms with Crippen LogP contribution < -0.4 is 15.0 Å². The minimum atomic E-state index is 0.533. The summed E-state index contributed by atoms with van der Waals surface area (Å²) in [6.45, 7) is 8.42. The van der Waals surface area contributed by atoms with E-state index in [4.69, 9.17) is 4.74 Å². The summed E-state index contributed by atoms with van der Waals surface area (Å²) in [5.41, 5.74) is 3.91. The first kappa shape index (κ1) is 19.6. The number of hydrogen-bond donors (Lipinski definition) is 1. The molecule has 1 saturated heterocycles. The molecule has 0 unspecified atom stereocenters. The number of aryl methyl sites for hydroxylation is 1. The molecule has 0 bridgehead atoms. The van der Waals surface area contributed by atoms with Gasteiger partial charge in [-0.3, -0.25) is 0 Å². The first-order valence-electron chi connectivity index (χ1n) is 10.5. The van der Waals surface area contributed by atoms with Crippen molar-refractivity contribution in [3.05, 3.63) is 54.1 Å². The van der Waals surface area contributed by atoms with E-state index in [1.165, 1.54) is 42.6 Å². The number of ether oxygens (including phenoxy) is 1. The van der Waals surface area contributed by atoms with E-state index >= 15 is 0 Å². The Labute approximate surface area is 164 Å². The number of para-hydroxylation sites is 1. The Morgan fingerprint density at radius 2 is 1.74 bits per heavy atom. The lowest BCUT2D eigenvalue weighted by Crippen LogP contribution is -2.21. The van der Waals surface area contributed by atoms with Gasteiger partial charge in [0.25, 0.3) is 0 Å². The molecule has 0 atom stereocenters. The van der Waals surface area contributed by atoms with Crippen LogP contribution in [0, 0.1) is 5.92 Å². The van der Waals surface area contributed by atoms with E-state index in [0.29, 0.717) is 5.92 Å². The van der Waals surface area contributed by atoms with Crippen LogP contribution in [0.1, 0.15) is 45.1 Å². The van der Waals surface area contributed by atoms with Gasteiger partial charge < -0.3 is 15.0 Å². The molecule has 146 valence electrons. The maximum absolute atomic E-state index is 6.16. The Kier molecular flexibility index (Phi) is 7.44. The lowest BCUT2D eigenvalue weighted by atomic mass is 10.1. The zero-order valence-corrected chi connectivity index (χ0v) is 16.9. The van der Waals surface area contributed by atoms with Crippen LogP contribution in [-0.4, -0.2) is 26.2 Å². The molecule has 0 spiro atoms. The molecular weight excluding hydrogens is 332 g/mol. The molecule has 1 N–H and O–H groups in total. The molecule has 1 aliphatic rings. The molecule has 1 aliphatic heterocycles. The fraction of sp³-hybridized carbons (Fsp3) is 0.500. The van der Waals surface area contributed by atoms with E-state index < -0.39 is 0 Å². The summed E-state index contributed by atoms with van der Waals surface area (Å²) >= 11 is 0. The maximum Gasteiger partial charge on any atom is 0.144 e. The van der Waals surface area contributed by atoms with E-state index in [-0.39, 0.29) is 0 Å². The summed E-state index contributed by atoms with van der Waals surface area (Å²) in [4.78, 5) is 2.49. The van der Waals surface area contributed by atoms with Crippen LogP contribution in [0.2, 0.25) is 0 Å². The van der Waals surface area contributed by atoms with Crippen molar-refractivity contribution < 1.29 is 4.74 Å². The third kappa shape index (κ3) is 5.92. The van der Waals surface area contributed by atoms with Crippen molar-refractivity contribution in [2.45, 2.75) is 46.0 Å². The molecule has 0 saturated carbocycles. The summed E-state index contributed by atoms with van der Waals surface area (Å²) < 4.78 is 6.16. The van der Waals surface area contributed by atoms with Crippen molar-refractivity contribution >= 4 is 11.4 Å².